The lowest BCUT2D eigenvalue weighted by Crippen LogP contribution is -2.41. The summed E-state index contributed by atoms with van der Waals surface area (Å²) in [5.74, 6) is -1.41. The van der Waals surface area contributed by atoms with Gasteiger partial charge in [0.1, 0.15) is 0 Å². The molecule has 0 spiro atoms. The van der Waals surface area contributed by atoms with Gasteiger partial charge in [-0.1, -0.05) is 25.5 Å². The smallest absolute Gasteiger partial charge is 0.340 e. The SMILES string of the molecule is CCCCNC(=O)NC(=O)COC(=O)c1ccccc1NCCO. The van der Waals surface area contributed by atoms with Gasteiger partial charge in [-0.3, -0.25) is 10.1 Å². The van der Waals surface area contributed by atoms with Gasteiger partial charge in [0.25, 0.3) is 5.91 Å². The number of anilines is 1. The quantitative estimate of drug-likeness (QED) is 0.392. The number of unbranched alkanes of at least 4 members (excludes halogenated alkanes) is 1. The number of nitrogens with one attached hydrogen (secondary N) is 3. The molecular weight excluding hydrogens is 314 g/mol. The summed E-state index contributed by atoms with van der Waals surface area (Å²) in [5, 5.41) is 16.3. The fraction of sp³-hybridized carbons (Fsp3) is 0.438. The predicted octanol–water partition coefficient (Wildman–Crippen LogP) is 0.873. The predicted molar refractivity (Wildman–Crippen MR) is 88.7 cm³/mol. The maximum atomic E-state index is 12.0. The number of amides is 3. The van der Waals surface area contributed by atoms with Gasteiger partial charge in [0.15, 0.2) is 6.61 Å². The third-order valence-corrected chi connectivity index (χ3v) is 2.98. The molecule has 0 aromatic heterocycles. The maximum absolute atomic E-state index is 12.0. The zero-order valence-corrected chi connectivity index (χ0v) is 13.6. The number of urea groups is 1. The molecule has 1 aromatic carbocycles. The highest BCUT2D eigenvalue weighted by Gasteiger charge is 2.15. The first-order valence-corrected chi connectivity index (χ1v) is 7.77. The zero-order chi connectivity index (χ0) is 17.8. The van der Waals surface area contributed by atoms with Crippen molar-refractivity contribution in [2.45, 2.75) is 19.8 Å². The number of carbonyl (C=O) groups is 3. The van der Waals surface area contributed by atoms with Gasteiger partial charge in [-0.15, -0.1) is 0 Å². The van der Waals surface area contributed by atoms with E-state index >= 15 is 0 Å². The third kappa shape index (κ3) is 7.10. The maximum Gasteiger partial charge on any atom is 0.340 e. The molecule has 3 amide bonds. The van der Waals surface area contributed by atoms with E-state index in [-0.39, 0.29) is 18.7 Å². The van der Waals surface area contributed by atoms with Crippen LogP contribution in [-0.2, 0) is 9.53 Å². The van der Waals surface area contributed by atoms with E-state index in [0.717, 1.165) is 12.8 Å². The number of rotatable bonds is 9. The number of ether oxygens (including phenoxy) is 1. The number of benzene rings is 1. The van der Waals surface area contributed by atoms with E-state index in [4.69, 9.17) is 9.84 Å². The fourth-order valence-electron chi connectivity index (χ4n) is 1.80. The van der Waals surface area contributed by atoms with E-state index in [2.05, 4.69) is 16.0 Å². The molecule has 0 saturated heterocycles. The molecule has 0 fully saturated rings. The van der Waals surface area contributed by atoms with Crippen molar-refractivity contribution in [2.75, 3.05) is 31.6 Å². The Balaban J connectivity index is 2.45. The van der Waals surface area contributed by atoms with Crippen LogP contribution in [0.25, 0.3) is 0 Å². The highest BCUT2D eigenvalue weighted by molar-refractivity contribution is 5.99. The average Bonchev–Trinajstić information content (AvgIpc) is 2.58. The Bertz CT molecular complexity index is 562. The largest absolute Gasteiger partial charge is 0.452 e. The molecule has 8 nitrogen and oxygen atoms in total. The second-order valence-corrected chi connectivity index (χ2v) is 4.93. The Labute approximate surface area is 140 Å². The van der Waals surface area contributed by atoms with Crippen molar-refractivity contribution in [1.82, 2.24) is 10.6 Å². The minimum absolute atomic E-state index is 0.0844. The van der Waals surface area contributed by atoms with E-state index in [1.54, 1.807) is 18.2 Å². The van der Waals surface area contributed by atoms with Gasteiger partial charge in [-0.2, -0.15) is 0 Å². The zero-order valence-electron chi connectivity index (χ0n) is 13.6. The number of esters is 1. The molecule has 8 heteroatoms. The van der Waals surface area contributed by atoms with E-state index in [1.165, 1.54) is 6.07 Å². The molecule has 4 N–H and O–H groups in total. The molecule has 0 bridgehead atoms. The summed E-state index contributed by atoms with van der Waals surface area (Å²) in [6, 6.07) is 5.96. The molecule has 24 heavy (non-hydrogen) atoms. The third-order valence-electron chi connectivity index (χ3n) is 2.98. The summed E-state index contributed by atoms with van der Waals surface area (Å²) < 4.78 is 4.90. The Hall–Kier alpha value is -2.61. The topological polar surface area (TPSA) is 117 Å². The number of para-hydroxylation sites is 1. The normalized spacial score (nSPS) is 9.92. The Morgan fingerprint density at radius 3 is 2.62 bits per heavy atom. The highest BCUT2D eigenvalue weighted by atomic mass is 16.5. The first-order chi connectivity index (χ1) is 11.6. The molecule has 0 saturated carbocycles. The summed E-state index contributed by atoms with van der Waals surface area (Å²) >= 11 is 0. The molecule has 0 aliphatic rings. The van der Waals surface area contributed by atoms with Gasteiger partial charge < -0.3 is 20.5 Å². The molecule has 1 rings (SSSR count). The molecule has 0 heterocycles. The van der Waals surface area contributed by atoms with Gasteiger partial charge in [-0.25, -0.2) is 9.59 Å². The number of hydrogen-bond donors (Lipinski definition) is 4. The lowest BCUT2D eigenvalue weighted by Gasteiger charge is -2.11. The second-order valence-electron chi connectivity index (χ2n) is 4.93. The summed E-state index contributed by atoms with van der Waals surface area (Å²) in [6.07, 6.45) is 1.74. The summed E-state index contributed by atoms with van der Waals surface area (Å²) in [7, 11) is 0. The van der Waals surface area contributed by atoms with Crippen LogP contribution < -0.4 is 16.0 Å². The van der Waals surface area contributed by atoms with Crippen molar-refractivity contribution >= 4 is 23.6 Å². The van der Waals surface area contributed by atoms with Gasteiger partial charge in [0, 0.05) is 18.8 Å². The highest BCUT2D eigenvalue weighted by Crippen LogP contribution is 2.15. The van der Waals surface area contributed by atoms with Crippen molar-refractivity contribution in [3.8, 4) is 0 Å². The summed E-state index contributed by atoms with van der Waals surface area (Å²) in [5.41, 5.74) is 0.736. The molecular formula is C16H23N3O5. The van der Waals surface area contributed by atoms with Crippen LogP contribution >= 0.6 is 0 Å². The van der Waals surface area contributed by atoms with E-state index in [0.29, 0.717) is 12.2 Å². The van der Waals surface area contributed by atoms with Crippen LogP contribution in [0.2, 0.25) is 0 Å². The van der Waals surface area contributed by atoms with Crippen molar-refractivity contribution < 1.29 is 24.2 Å². The number of aliphatic hydroxyl groups excluding tert-OH is 1. The molecule has 0 atom stereocenters. The van der Waals surface area contributed by atoms with E-state index < -0.39 is 24.5 Å². The first kappa shape index (κ1) is 19.4. The monoisotopic (exact) mass is 337 g/mol. The molecule has 0 aliphatic carbocycles. The number of imide groups is 1. The second kappa shape index (κ2) is 11.0. The van der Waals surface area contributed by atoms with Crippen molar-refractivity contribution in [1.29, 1.82) is 0 Å². The van der Waals surface area contributed by atoms with Crippen LogP contribution in [-0.4, -0.2) is 49.3 Å². The summed E-state index contributed by atoms with van der Waals surface area (Å²) in [4.78, 5) is 35.0. The Morgan fingerprint density at radius 1 is 1.17 bits per heavy atom. The van der Waals surface area contributed by atoms with Crippen molar-refractivity contribution in [3.05, 3.63) is 29.8 Å². The van der Waals surface area contributed by atoms with Crippen LogP contribution in [0, 0.1) is 0 Å². The van der Waals surface area contributed by atoms with E-state index in [9.17, 15) is 14.4 Å². The molecule has 1 aromatic rings. The average molecular weight is 337 g/mol. The Kier molecular flexibility index (Phi) is 8.91. The van der Waals surface area contributed by atoms with Gasteiger partial charge in [-0.05, 0) is 18.6 Å². The molecule has 0 unspecified atom stereocenters. The lowest BCUT2D eigenvalue weighted by atomic mass is 10.2. The van der Waals surface area contributed by atoms with Crippen LogP contribution in [0.4, 0.5) is 10.5 Å². The minimum Gasteiger partial charge on any atom is -0.452 e. The van der Waals surface area contributed by atoms with Crippen molar-refractivity contribution in [2.24, 2.45) is 0 Å². The number of carbonyl (C=O) groups excluding carboxylic acids is 3. The van der Waals surface area contributed by atoms with Crippen LogP contribution in [0.3, 0.4) is 0 Å². The Morgan fingerprint density at radius 2 is 1.92 bits per heavy atom. The lowest BCUT2D eigenvalue weighted by molar-refractivity contribution is -0.123. The van der Waals surface area contributed by atoms with Gasteiger partial charge >= 0.3 is 12.0 Å². The fourth-order valence-corrected chi connectivity index (χ4v) is 1.80. The first-order valence-electron chi connectivity index (χ1n) is 7.77. The van der Waals surface area contributed by atoms with Gasteiger partial charge in [0.2, 0.25) is 0 Å². The van der Waals surface area contributed by atoms with Crippen LogP contribution in [0.15, 0.2) is 24.3 Å². The molecule has 132 valence electrons. The molecule has 0 aliphatic heterocycles. The van der Waals surface area contributed by atoms with Crippen LogP contribution in [0.5, 0.6) is 0 Å². The van der Waals surface area contributed by atoms with Crippen LogP contribution in [0.1, 0.15) is 30.1 Å². The number of hydrogen-bond acceptors (Lipinski definition) is 6. The molecule has 0 radical (unpaired) electrons. The minimum atomic E-state index is -0.710. The van der Waals surface area contributed by atoms with Gasteiger partial charge in [0.05, 0.1) is 12.2 Å². The van der Waals surface area contributed by atoms with E-state index in [1.807, 2.05) is 6.92 Å². The number of aliphatic hydroxyl groups is 1. The standard InChI is InChI=1S/C16H23N3O5/c1-2-3-8-18-16(23)19-14(21)11-24-15(22)12-6-4-5-7-13(12)17-9-10-20/h4-7,17,20H,2-3,8-11H2,1H3,(H2,18,19,21,23). The van der Waals surface area contributed by atoms with Crippen molar-refractivity contribution in [3.63, 3.8) is 0 Å². The summed E-state index contributed by atoms with van der Waals surface area (Å²) in [6.45, 7) is 2.09.